The average Bonchev–Trinajstić information content (AvgIpc) is 2.86. The molecule has 0 spiro atoms. The first-order valence-corrected chi connectivity index (χ1v) is 11.3. The minimum Gasteiger partial charge on any atom is -0.497 e. The zero-order valence-electron chi connectivity index (χ0n) is 18.7. The van der Waals surface area contributed by atoms with Crippen LogP contribution in [0.25, 0.3) is 12.2 Å². The van der Waals surface area contributed by atoms with Crippen molar-refractivity contribution in [2.45, 2.75) is 24.5 Å². The molecule has 0 radical (unpaired) electrons. The lowest BCUT2D eigenvalue weighted by atomic mass is 9.72. The summed E-state index contributed by atoms with van der Waals surface area (Å²) in [5.41, 5.74) is 5.14. The summed E-state index contributed by atoms with van der Waals surface area (Å²) in [6.45, 7) is 2.97. The second-order valence-electron chi connectivity index (χ2n) is 8.62. The molecule has 0 aliphatic carbocycles. The Morgan fingerprint density at radius 2 is 1.41 bits per heavy atom. The van der Waals surface area contributed by atoms with Crippen molar-refractivity contribution in [1.82, 2.24) is 10.2 Å². The Bertz CT molecular complexity index is 1040. The molecule has 4 nitrogen and oxygen atoms in total. The fourth-order valence-electron chi connectivity index (χ4n) is 5.11. The monoisotopic (exact) mass is 426 g/mol. The first kappa shape index (κ1) is 20.8. The molecular weight excluding hydrogens is 396 g/mol. The van der Waals surface area contributed by atoms with E-state index in [-0.39, 0.29) is 0 Å². The molecule has 2 bridgehead atoms. The lowest BCUT2D eigenvalue weighted by Gasteiger charge is -2.59. The largest absolute Gasteiger partial charge is 0.497 e. The molecule has 0 amide bonds. The molecule has 32 heavy (non-hydrogen) atoms. The van der Waals surface area contributed by atoms with Crippen molar-refractivity contribution in [3.63, 3.8) is 0 Å². The van der Waals surface area contributed by atoms with Crippen molar-refractivity contribution < 1.29 is 9.47 Å². The Kier molecular flexibility index (Phi) is 5.97. The lowest BCUT2D eigenvalue weighted by molar-refractivity contribution is -0.0484. The van der Waals surface area contributed by atoms with Crippen molar-refractivity contribution in [2.24, 2.45) is 0 Å². The van der Waals surface area contributed by atoms with Crippen LogP contribution in [0.2, 0.25) is 0 Å². The van der Waals surface area contributed by atoms with Gasteiger partial charge in [0.05, 0.1) is 14.2 Å². The highest BCUT2D eigenvalue weighted by Crippen LogP contribution is 2.43. The van der Waals surface area contributed by atoms with Crippen LogP contribution in [0.1, 0.15) is 28.2 Å². The number of hydrogen-bond acceptors (Lipinski definition) is 4. The molecule has 2 fully saturated rings. The van der Waals surface area contributed by atoms with E-state index in [0.717, 1.165) is 31.1 Å². The molecule has 3 atom stereocenters. The normalized spacial score (nSPS) is 22.5. The summed E-state index contributed by atoms with van der Waals surface area (Å²) in [4.78, 5) is 2.62. The molecule has 1 unspecified atom stereocenters. The van der Waals surface area contributed by atoms with Crippen LogP contribution in [0, 0.1) is 0 Å². The van der Waals surface area contributed by atoms with Crippen molar-refractivity contribution in [3.05, 3.63) is 95.1 Å². The molecule has 1 N–H and O–H groups in total. The lowest BCUT2D eigenvalue weighted by Crippen LogP contribution is -2.72. The number of methoxy groups -OCH3 is 2. The van der Waals surface area contributed by atoms with Gasteiger partial charge in [-0.1, -0.05) is 66.7 Å². The zero-order chi connectivity index (χ0) is 21.9. The van der Waals surface area contributed by atoms with Gasteiger partial charge in [0.15, 0.2) is 0 Å². The summed E-state index contributed by atoms with van der Waals surface area (Å²) in [6, 6.07) is 26.7. The fraction of sp³-hybridized carbons (Fsp3) is 0.286. The molecule has 3 aromatic rings. The van der Waals surface area contributed by atoms with Gasteiger partial charge < -0.3 is 14.8 Å². The minimum atomic E-state index is 0.511. The number of fused-ring (bicyclic) bond motifs is 2. The Balaban J connectivity index is 1.29. The Morgan fingerprint density at radius 1 is 0.812 bits per heavy atom. The number of rotatable bonds is 7. The van der Waals surface area contributed by atoms with Gasteiger partial charge in [0.1, 0.15) is 11.5 Å². The maximum atomic E-state index is 5.46. The van der Waals surface area contributed by atoms with Crippen LogP contribution < -0.4 is 14.8 Å². The molecule has 2 heterocycles. The second kappa shape index (κ2) is 9.19. The Labute approximate surface area is 190 Å². The Morgan fingerprint density at radius 3 is 2.00 bits per heavy atom. The third kappa shape index (κ3) is 4.16. The quantitative estimate of drug-likeness (QED) is 0.550. The van der Waals surface area contributed by atoms with Gasteiger partial charge in [-0.25, -0.2) is 0 Å². The molecule has 2 aliphatic rings. The first-order valence-electron chi connectivity index (χ1n) is 11.3. The van der Waals surface area contributed by atoms with Gasteiger partial charge in [-0.05, 0) is 34.4 Å². The smallest absolute Gasteiger partial charge is 0.122 e. The summed E-state index contributed by atoms with van der Waals surface area (Å²) < 4.78 is 10.9. The van der Waals surface area contributed by atoms with E-state index in [0.29, 0.717) is 18.0 Å². The molecule has 0 aromatic heterocycles. The third-order valence-corrected chi connectivity index (χ3v) is 6.75. The summed E-state index contributed by atoms with van der Waals surface area (Å²) >= 11 is 0. The number of piperidine rings is 1. The SMILES string of the molecule is COc1cc(CN2[C@@H]3CNC[C@H]2C3c2ccc(/C=C/c3ccccc3)cc2)cc(OC)c1. The van der Waals surface area contributed by atoms with E-state index in [9.17, 15) is 0 Å². The zero-order valence-corrected chi connectivity index (χ0v) is 18.7. The minimum absolute atomic E-state index is 0.511. The fourth-order valence-corrected chi connectivity index (χ4v) is 5.11. The van der Waals surface area contributed by atoms with Gasteiger partial charge in [0.25, 0.3) is 0 Å². The average molecular weight is 427 g/mol. The summed E-state index contributed by atoms with van der Waals surface area (Å²) in [7, 11) is 3.41. The van der Waals surface area contributed by atoms with Gasteiger partial charge in [-0.2, -0.15) is 0 Å². The molecule has 2 saturated heterocycles. The number of hydrogen-bond donors (Lipinski definition) is 1. The van der Waals surface area contributed by atoms with Gasteiger partial charge >= 0.3 is 0 Å². The van der Waals surface area contributed by atoms with E-state index in [2.05, 4.69) is 83.0 Å². The molecular formula is C28H30N2O2. The van der Waals surface area contributed by atoms with E-state index in [1.54, 1.807) is 14.2 Å². The van der Waals surface area contributed by atoms with Gasteiger partial charge in [-0.15, -0.1) is 0 Å². The van der Waals surface area contributed by atoms with Crippen molar-refractivity contribution >= 4 is 12.2 Å². The Hall–Kier alpha value is -3.08. The number of benzene rings is 3. The maximum absolute atomic E-state index is 5.46. The summed E-state index contributed by atoms with van der Waals surface area (Å²) in [5, 5.41) is 3.59. The molecule has 164 valence electrons. The van der Waals surface area contributed by atoms with Gasteiger partial charge in [0, 0.05) is 43.7 Å². The van der Waals surface area contributed by atoms with E-state index in [1.807, 2.05) is 12.1 Å². The summed E-state index contributed by atoms with van der Waals surface area (Å²) in [5.74, 6) is 2.27. The highest BCUT2D eigenvalue weighted by Gasteiger charge is 2.50. The molecule has 4 heteroatoms. The predicted molar refractivity (Wildman–Crippen MR) is 130 cm³/mol. The third-order valence-electron chi connectivity index (χ3n) is 6.75. The van der Waals surface area contributed by atoms with Crippen LogP contribution in [0.5, 0.6) is 11.5 Å². The highest BCUT2D eigenvalue weighted by molar-refractivity contribution is 5.69. The first-order chi connectivity index (χ1) is 15.7. The predicted octanol–water partition coefficient (Wildman–Crippen LogP) is 4.81. The van der Waals surface area contributed by atoms with Crippen LogP contribution in [-0.2, 0) is 6.54 Å². The number of nitrogens with zero attached hydrogens (tertiary/aromatic N) is 1. The topological polar surface area (TPSA) is 33.7 Å². The number of nitrogens with one attached hydrogen (secondary N) is 1. The van der Waals surface area contributed by atoms with Crippen LogP contribution in [0.4, 0.5) is 0 Å². The van der Waals surface area contributed by atoms with Gasteiger partial charge in [-0.3, -0.25) is 4.90 Å². The molecule has 5 rings (SSSR count). The van der Waals surface area contributed by atoms with E-state index in [1.165, 1.54) is 22.3 Å². The van der Waals surface area contributed by atoms with Crippen LogP contribution in [0.15, 0.2) is 72.8 Å². The van der Waals surface area contributed by atoms with Crippen molar-refractivity contribution in [2.75, 3.05) is 27.3 Å². The second-order valence-corrected chi connectivity index (χ2v) is 8.62. The van der Waals surface area contributed by atoms with Crippen molar-refractivity contribution in [3.8, 4) is 11.5 Å². The number of piperazine rings is 1. The molecule has 3 aromatic carbocycles. The van der Waals surface area contributed by atoms with E-state index < -0.39 is 0 Å². The van der Waals surface area contributed by atoms with E-state index >= 15 is 0 Å². The van der Waals surface area contributed by atoms with Crippen LogP contribution >= 0.6 is 0 Å². The van der Waals surface area contributed by atoms with Gasteiger partial charge in [0.2, 0.25) is 0 Å². The van der Waals surface area contributed by atoms with Crippen LogP contribution in [-0.4, -0.2) is 44.3 Å². The standard InChI is InChI=1S/C28H30N2O2/c1-31-24-14-22(15-25(16-24)32-2)19-30-26-17-29-18-27(30)28(26)23-12-10-21(11-13-23)9-8-20-6-4-3-5-7-20/h3-16,26-29H,17-19H2,1-2H3/b9-8+/t26-,27+,28?. The molecule has 0 saturated carbocycles. The van der Waals surface area contributed by atoms with Crippen molar-refractivity contribution in [1.29, 1.82) is 0 Å². The summed E-state index contributed by atoms with van der Waals surface area (Å²) in [6.07, 6.45) is 4.35. The maximum Gasteiger partial charge on any atom is 0.122 e. The number of ether oxygens (including phenoxy) is 2. The molecule has 2 aliphatic heterocycles. The van der Waals surface area contributed by atoms with E-state index in [4.69, 9.17) is 9.47 Å². The van der Waals surface area contributed by atoms with Crippen LogP contribution in [0.3, 0.4) is 0 Å². The highest BCUT2D eigenvalue weighted by atomic mass is 16.5.